The second-order valence-electron chi connectivity index (χ2n) is 26.9. The largest absolute Gasteiger partial charge is 0.306 e. The van der Waals surface area contributed by atoms with Crippen molar-refractivity contribution in [2.75, 3.05) is 19.6 Å². The smallest absolute Gasteiger partial charge is 0.104 e. The second kappa shape index (κ2) is 23.5. The SMILES string of the molecule is CC(C)c1ccc2c(c1)Sc1cc(C(C)C)ccc1N2c1cc(N2c3ccc(C(C)C)cc3Sc3cc(C(C)C)ccc32)c(N2c3ccc(C(C)C)cc3Sc3cc(C(C)C)ccc32)c(C#N)c1N1c2ccc(C(C)C)cc2Sc2cc(C(C)C)ccc21. The quantitative estimate of drug-likeness (QED) is 0.119. The molecule has 0 spiro atoms. The Bertz CT molecular complexity index is 3820. The van der Waals surface area contributed by atoms with E-state index in [1.807, 2.05) is 47.0 Å². The molecule has 0 aliphatic carbocycles. The number of rotatable bonds is 12. The number of fused-ring (bicyclic) bond motifs is 8. The molecule has 9 heteroatoms. The van der Waals surface area contributed by atoms with Crippen molar-refractivity contribution in [1.82, 2.24) is 0 Å². The molecule has 0 radical (unpaired) electrons. The molecule has 0 fully saturated rings. The monoisotopic (exact) mass is 1230 g/mol. The van der Waals surface area contributed by atoms with Crippen LogP contribution < -0.4 is 19.6 Å². The molecule has 88 heavy (non-hydrogen) atoms. The fraction of sp³-hybridized carbons (Fsp3) is 0.304. The first-order valence-corrected chi connectivity index (χ1v) is 35.1. The van der Waals surface area contributed by atoms with Crippen molar-refractivity contribution in [3.05, 3.63) is 202 Å². The molecule has 446 valence electrons. The van der Waals surface area contributed by atoms with Crippen LogP contribution in [-0.4, -0.2) is 0 Å². The van der Waals surface area contributed by atoms with Crippen LogP contribution in [0.25, 0.3) is 0 Å². The molecular weight excluding hydrogens is 1150 g/mol. The minimum Gasteiger partial charge on any atom is -0.306 e. The van der Waals surface area contributed by atoms with Crippen LogP contribution in [0, 0.1) is 11.3 Å². The minimum absolute atomic E-state index is 0.315. The number of nitriles is 1. The van der Waals surface area contributed by atoms with Gasteiger partial charge in [-0.05, 0) is 195 Å². The Kier molecular flexibility index (Phi) is 16.0. The van der Waals surface area contributed by atoms with E-state index >= 15 is 0 Å². The Morgan fingerprint density at radius 3 is 0.568 bits per heavy atom. The molecule has 0 atom stereocenters. The van der Waals surface area contributed by atoms with Crippen LogP contribution in [0.4, 0.5) is 68.2 Å². The van der Waals surface area contributed by atoms with Gasteiger partial charge in [0, 0.05) is 39.2 Å². The third-order valence-corrected chi connectivity index (χ3v) is 22.7. The zero-order chi connectivity index (χ0) is 61.9. The lowest BCUT2D eigenvalue weighted by Gasteiger charge is -2.44. The van der Waals surface area contributed by atoms with E-state index < -0.39 is 0 Å². The molecule has 5 nitrogen and oxygen atoms in total. The maximum atomic E-state index is 13.3. The normalized spacial score (nSPS) is 14.0. The fourth-order valence-corrected chi connectivity index (χ4v) is 17.4. The van der Waals surface area contributed by atoms with Crippen LogP contribution in [0.3, 0.4) is 0 Å². The van der Waals surface area contributed by atoms with E-state index in [1.165, 1.54) is 83.7 Å². The van der Waals surface area contributed by atoms with Crippen molar-refractivity contribution >= 4 is 115 Å². The van der Waals surface area contributed by atoms with E-state index in [1.54, 1.807) is 0 Å². The minimum atomic E-state index is 0.315. The van der Waals surface area contributed by atoms with Gasteiger partial charge in [-0.2, -0.15) is 5.26 Å². The molecule has 0 unspecified atom stereocenters. The number of hydrogen-bond donors (Lipinski definition) is 0. The van der Waals surface area contributed by atoms with Crippen molar-refractivity contribution < 1.29 is 0 Å². The Morgan fingerprint density at radius 1 is 0.239 bits per heavy atom. The molecule has 9 aromatic rings. The molecular formula is C79H81N5S4. The van der Waals surface area contributed by atoms with Crippen LogP contribution >= 0.6 is 47.0 Å². The van der Waals surface area contributed by atoms with Gasteiger partial charge in [-0.15, -0.1) is 0 Å². The Hall–Kier alpha value is -6.93. The van der Waals surface area contributed by atoms with Gasteiger partial charge in [-0.3, -0.25) is 0 Å². The Balaban J connectivity index is 1.26. The summed E-state index contributed by atoms with van der Waals surface area (Å²) in [5.74, 6) is 2.56. The first-order chi connectivity index (χ1) is 42.2. The molecule has 4 aliphatic heterocycles. The van der Waals surface area contributed by atoms with Crippen LogP contribution in [0.2, 0.25) is 0 Å². The van der Waals surface area contributed by atoms with E-state index in [0.717, 1.165) is 68.2 Å². The average Bonchev–Trinajstić information content (AvgIpc) is 0.827. The first kappa shape index (κ1) is 60.0. The van der Waals surface area contributed by atoms with Gasteiger partial charge in [0.1, 0.15) is 11.6 Å². The molecule has 9 aromatic carbocycles. The molecule has 4 heterocycles. The molecule has 0 N–H and O–H groups in total. The first-order valence-electron chi connectivity index (χ1n) is 31.8. The Morgan fingerprint density at radius 2 is 0.409 bits per heavy atom. The van der Waals surface area contributed by atoms with Crippen LogP contribution in [-0.2, 0) is 0 Å². The average molecular weight is 1230 g/mol. The second-order valence-corrected chi connectivity index (χ2v) is 31.2. The van der Waals surface area contributed by atoms with Gasteiger partial charge >= 0.3 is 0 Å². The summed E-state index contributed by atoms with van der Waals surface area (Å²) in [6.45, 7) is 36.7. The van der Waals surface area contributed by atoms with Crippen LogP contribution in [0.15, 0.2) is 191 Å². The summed E-state index contributed by atoms with van der Waals surface area (Å²) in [4.78, 5) is 19.5. The maximum absolute atomic E-state index is 13.3. The molecule has 0 bridgehead atoms. The lowest BCUT2D eigenvalue weighted by atomic mass is 9.95. The maximum Gasteiger partial charge on any atom is 0.104 e. The molecule has 4 aliphatic rings. The van der Waals surface area contributed by atoms with Gasteiger partial charge in [0.2, 0.25) is 0 Å². The van der Waals surface area contributed by atoms with E-state index in [2.05, 4.69) is 288 Å². The zero-order valence-electron chi connectivity index (χ0n) is 53.9. The number of hydrogen-bond acceptors (Lipinski definition) is 9. The van der Waals surface area contributed by atoms with Crippen molar-refractivity contribution in [3.63, 3.8) is 0 Å². The van der Waals surface area contributed by atoms with E-state index in [-0.39, 0.29) is 0 Å². The van der Waals surface area contributed by atoms with Gasteiger partial charge in [-0.25, -0.2) is 0 Å². The molecule has 0 saturated heterocycles. The van der Waals surface area contributed by atoms with Gasteiger partial charge in [0.15, 0.2) is 0 Å². The number of benzene rings is 9. The molecule has 13 rings (SSSR count). The van der Waals surface area contributed by atoms with Gasteiger partial charge < -0.3 is 19.6 Å². The standard InChI is InChI=1S/C79H81N5S4/c1-43(2)51-17-25-60-70(33-51)85-71-34-52(44(3)4)18-26-61(71)81(60)68-41-69(82-62-27-19-53(45(5)6)35-72(62)86-73-36-54(46(7)8)20-28-63(73)82)79(84-66-31-23-57(49(13)14)39-76(66)88-77-40-58(50(15)16)24-32-67(77)84)59(42-80)78(68)83-64-29-21-55(47(9)10)37-74(64)87-75-38-56(48(11)12)22-30-65(75)83/h17-41,43-50H,1-16H3. The summed E-state index contributed by atoms with van der Waals surface area (Å²) >= 11 is 7.46. The van der Waals surface area contributed by atoms with Crippen molar-refractivity contribution in [2.24, 2.45) is 0 Å². The summed E-state index contributed by atoms with van der Waals surface area (Å²) < 4.78 is 0. The lowest BCUT2D eigenvalue weighted by molar-refractivity contribution is 0.857. The van der Waals surface area contributed by atoms with E-state index in [0.29, 0.717) is 52.9 Å². The van der Waals surface area contributed by atoms with Crippen LogP contribution in [0.1, 0.15) is 208 Å². The topological polar surface area (TPSA) is 36.8 Å². The summed E-state index contributed by atoms with van der Waals surface area (Å²) in [6, 6.07) is 62.4. The summed E-state index contributed by atoms with van der Waals surface area (Å²) in [7, 11) is 0. The van der Waals surface area contributed by atoms with Crippen molar-refractivity contribution in [2.45, 2.75) is 197 Å². The fourth-order valence-electron chi connectivity index (χ4n) is 12.8. The lowest BCUT2D eigenvalue weighted by Crippen LogP contribution is -2.26. The predicted octanol–water partition coefficient (Wildman–Crippen LogP) is 26.3. The highest BCUT2D eigenvalue weighted by Crippen LogP contribution is 2.66. The number of nitrogens with zero attached hydrogens (tertiary/aromatic N) is 5. The predicted molar refractivity (Wildman–Crippen MR) is 379 cm³/mol. The Labute approximate surface area is 541 Å². The van der Waals surface area contributed by atoms with Gasteiger partial charge in [-0.1, -0.05) is 206 Å². The highest BCUT2D eigenvalue weighted by atomic mass is 32.2. The van der Waals surface area contributed by atoms with Gasteiger partial charge in [0.05, 0.1) is 68.2 Å². The third-order valence-electron chi connectivity index (χ3n) is 18.3. The summed E-state index contributed by atoms with van der Waals surface area (Å²) in [6.07, 6.45) is 0. The summed E-state index contributed by atoms with van der Waals surface area (Å²) in [5.41, 5.74) is 23.0. The molecule has 0 saturated carbocycles. The highest BCUT2D eigenvalue weighted by molar-refractivity contribution is 8.00. The number of anilines is 12. The molecule has 0 aromatic heterocycles. The highest BCUT2D eigenvalue weighted by Gasteiger charge is 2.42. The molecule has 0 amide bonds. The zero-order valence-corrected chi connectivity index (χ0v) is 57.2. The van der Waals surface area contributed by atoms with Crippen LogP contribution in [0.5, 0.6) is 0 Å². The van der Waals surface area contributed by atoms with E-state index in [9.17, 15) is 5.26 Å². The third kappa shape index (κ3) is 10.4. The van der Waals surface area contributed by atoms with E-state index in [4.69, 9.17) is 0 Å². The van der Waals surface area contributed by atoms with Crippen molar-refractivity contribution in [1.29, 1.82) is 5.26 Å². The van der Waals surface area contributed by atoms with Crippen molar-refractivity contribution in [3.8, 4) is 6.07 Å². The summed E-state index contributed by atoms with van der Waals surface area (Å²) in [5, 5.41) is 13.3. The van der Waals surface area contributed by atoms with Gasteiger partial charge in [0.25, 0.3) is 0 Å².